The van der Waals surface area contributed by atoms with Crippen molar-refractivity contribution >= 4 is 58.3 Å². The number of ether oxygens (including phenoxy) is 2. The number of carbonyl (C=O) groups excluding carboxylic acids is 1. The number of benzene rings is 3. The number of hydrogen-bond acceptors (Lipinski definition) is 12. The van der Waals surface area contributed by atoms with Crippen LogP contribution in [0.1, 0.15) is 47.8 Å². The highest BCUT2D eigenvalue weighted by atomic mass is 31.1. The van der Waals surface area contributed by atoms with Gasteiger partial charge < -0.3 is 28.3 Å². The molecule has 2 aromatic heterocycles. The van der Waals surface area contributed by atoms with E-state index < -0.39 is 70.7 Å². The summed E-state index contributed by atoms with van der Waals surface area (Å²) in [6, 6.07) is 28.4. The van der Waals surface area contributed by atoms with Crippen LogP contribution in [0.4, 0.5) is 5.95 Å². The highest BCUT2D eigenvalue weighted by molar-refractivity contribution is 7.30. The van der Waals surface area contributed by atoms with Crippen LogP contribution in [-0.4, -0.2) is 78.4 Å². The lowest BCUT2D eigenvalue weighted by atomic mass is 10.1. The fourth-order valence-electron chi connectivity index (χ4n) is 6.93. The average Bonchev–Trinajstić information content (AvgIpc) is 3.69. The minimum Gasteiger partial charge on any atom is -0.566 e. The third-order valence-electron chi connectivity index (χ3n) is 10.8. The summed E-state index contributed by atoms with van der Waals surface area (Å²) < 4.78 is 45.6. The first-order chi connectivity index (χ1) is 27.3. The molecule has 0 aliphatic carbocycles. The van der Waals surface area contributed by atoms with E-state index in [0.29, 0.717) is 5.75 Å². The van der Waals surface area contributed by atoms with Crippen molar-refractivity contribution < 1.29 is 42.2 Å². The number of H-pyrrole nitrogens is 1. The van der Waals surface area contributed by atoms with Crippen LogP contribution in [0, 0.1) is 0 Å². The number of carbonyl (C=O) groups is 1. The lowest BCUT2D eigenvalue weighted by Gasteiger charge is -2.44. The Kier molecular flexibility index (Phi) is 12.4. The van der Waals surface area contributed by atoms with Gasteiger partial charge in [0.25, 0.3) is 25.6 Å². The summed E-state index contributed by atoms with van der Waals surface area (Å²) >= 11 is 0. The molecule has 15 nitrogen and oxygen atoms in total. The van der Waals surface area contributed by atoms with E-state index >= 15 is 0 Å². The van der Waals surface area contributed by atoms with Crippen molar-refractivity contribution in [2.24, 2.45) is 0 Å². The van der Waals surface area contributed by atoms with E-state index in [1.54, 1.807) is 24.3 Å². The minimum absolute atomic E-state index is 0.0423. The van der Waals surface area contributed by atoms with Crippen LogP contribution in [0.25, 0.3) is 11.2 Å². The Morgan fingerprint density at radius 1 is 0.966 bits per heavy atom. The van der Waals surface area contributed by atoms with Crippen LogP contribution in [-0.2, 0) is 27.5 Å². The third-order valence-corrected chi connectivity index (χ3v) is 20.7. The largest absolute Gasteiger partial charge is 0.566 e. The lowest BCUT2D eigenvalue weighted by Crippen LogP contribution is -2.67. The van der Waals surface area contributed by atoms with Gasteiger partial charge in [0.15, 0.2) is 38.4 Å². The van der Waals surface area contributed by atoms with E-state index in [9.17, 15) is 24.2 Å². The molecule has 1 aliphatic rings. The smallest absolute Gasteiger partial charge is 0.491 e. The number of aliphatic hydroxyl groups is 1. The van der Waals surface area contributed by atoms with Gasteiger partial charge in [-0.1, -0.05) is 120 Å². The van der Waals surface area contributed by atoms with Gasteiger partial charge in [0, 0.05) is 0 Å². The number of imidazole rings is 1. The van der Waals surface area contributed by atoms with E-state index in [0.717, 1.165) is 10.4 Å². The Bertz CT molecular complexity index is 2240. The zero-order chi connectivity index (χ0) is 42.1. The average molecular weight is 848 g/mol. The minimum atomic E-state index is -3.68. The maximum atomic E-state index is 13.4. The third kappa shape index (κ3) is 8.64. The van der Waals surface area contributed by atoms with Gasteiger partial charge in [-0.25, -0.2) is 4.98 Å². The SMILES string of the molecule is CC(C)(C)[Si](C)(C)O[C@H]1[C@H](n2cnc3c(=O)[nH]c(NC(=O)COc4ccccc4)nc32)O[C@H](CO[Si](c2ccccc2)(c2ccccc2)C(C)(C)C)[C@]1(O)O[P+](=O)[O-]. The summed E-state index contributed by atoms with van der Waals surface area (Å²) in [7, 11) is -9.82. The van der Waals surface area contributed by atoms with Crippen molar-refractivity contribution in [3.05, 3.63) is 108 Å². The molecule has 5 aromatic rings. The van der Waals surface area contributed by atoms with Crippen LogP contribution >= 0.6 is 8.25 Å². The molecule has 1 saturated heterocycles. The predicted molar refractivity (Wildman–Crippen MR) is 222 cm³/mol. The van der Waals surface area contributed by atoms with Crippen LogP contribution < -0.4 is 30.9 Å². The van der Waals surface area contributed by atoms with Gasteiger partial charge in [-0.05, 0) is 50.2 Å². The summed E-state index contributed by atoms with van der Waals surface area (Å²) in [4.78, 5) is 50.1. The lowest BCUT2D eigenvalue weighted by molar-refractivity contribution is -0.256. The number of hydrogen-bond donors (Lipinski definition) is 3. The Hall–Kier alpha value is -4.43. The molecule has 3 N–H and O–H groups in total. The number of para-hydroxylation sites is 1. The van der Waals surface area contributed by atoms with Crippen LogP contribution in [0.15, 0.2) is 102 Å². The summed E-state index contributed by atoms with van der Waals surface area (Å²) in [6.07, 6.45) is -3.04. The molecule has 6 rings (SSSR count). The van der Waals surface area contributed by atoms with E-state index in [1.807, 2.05) is 101 Å². The zero-order valence-electron chi connectivity index (χ0n) is 33.8. The van der Waals surface area contributed by atoms with Gasteiger partial charge in [-0.15, -0.1) is 4.52 Å². The second-order valence-corrected chi connectivity index (χ2v) is 26.4. The number of aromatic amines is 1. The van der Waals surface area contributed by atoms with E-state index in [4.69, 9.17) is 22.8 Å². The molecule has 58 heavy (non-hydrogen) atoms. The molecular formula is C40H50N5O10PSi2. The van der Waals surface area contributed by atoms with Gasteiger partial charge in [0.1, 0.15) is 11.9 Å². The molecule has 0 saturated carbocycles. The number of rotatable bonds is 14. The summed E-state index contributed by atoms with van der Waals surface area (Å²) in [6.45, 7) is 15.4. The number of nitrogens with zero attached hydrogens (tertiary/aromatic N) is 3. The summed E-state index contributed by atoms with van der Waals surface area (Å²) in [5, 5.41) is 16.2. The van der Waals surface area contributed by atoms with Gasteiger partial charge in [0.05, 0.1) is 12.9 Å². The molecule has 308 valence electrons. The standard InChI is InChI=1S/C40H50N5O10PSi2/c1-38(2,3)57(7,8)54-33-36(45-26-41-32-34(45)43-37(44-35(32)47)42-31(46)25-51-27-18-12-9-13-19-27)53-30(40(33,48)55-56(49)50)24-52-58(39(4,5)6,28-20-14-10-15-21-28)29-22-16-11-17-23-29/h9-23,26,30,33,36,48H,24-25H2,1-8H3,(H2,42,43,44,46,47)/t30-,33+,36-,40+/m1/s1. The topological polar surface area (TPSA) is 199 Å². The predicted octanol–water partition coefficient (Wildman–Crippen LogP) is 4.72. The van der Waals surface area contributed by atoms with E-state index in [1.165, 1.54) is 10.9 Å². The fraction of sp³-hybridized carbons (Fsp3) is 0.400. The molecule has 0 radical (unpaired) electrons. The second kappa shape index (κ2) is 16.7. The molecule has 1 aliphatic heterocycles. The fourth-order valence-corrected chi connectivity index (χ4v) is 13.2. The maximum Gasteiger partial charge on any atom is 0.491 e. The maximum absolute atomic E-state index is 13.4. The number of amides is 1. The molecule has 3 aromatic carbocycles. The summed E-state index contributed by atoms with van der Waals surface area (Å²) in [5.41, 5.74) is -0.831. The Morgan fingerprint density at radius 2 is 1.53 bits per heavy atom. The Labute approximate surface area is 339 Å². The quantitative estimate of drug-likeness (QED) is 0.0791. The molecule has 1 unspecified atom stereocenters. The summed E-state index contributed by atoms with van der Waals surface area (Å²) in [5.74, 6) is -2.97. The first kappa shape index (κ1) is 43.2. The Morgan fingerprint density at radius 3 is 2.07 bits per heavy atom. The number of anilines is 1. The molecule has 1 amide bonds. The van der Waals surface area contributed by atoms with Gasteiger partial charge >= 0.3 is 8.25 Å². The zero-order valence-corrected chi connectivity index (χ0v) is 36.7. The number of aromatic nitrogens is 4. The highest BCUT2D eigenvalue weighted by Crippen LogP contribution is 2.49. The molecule has 5 atom stereocenters. The van der Waals surface area contributed by atoms with Crippen LogP contribution in [0.3, 0.4) is 0 Å². The molecule has 1 fully saturated rings. The van der Waals surface area contributed by atoms with Crippen molar-refractivity contribution in [3.8, 4) is 5.75 Å². The molecular weight excluding hydrogens is 798 g/mol. The highest BCUT2D eigenvalue weighted by Gasteiger charge is 2.65. The monoisotopic (exact) mass is 847 g/mol. The van der Waals surface area contributed by atoms with E-state index in [2.05, 4.69) is 41.0 Å². The molecule has 0 spiro atoms. The van der Waals surface area contributed by atoms with Gasteiger partial charge in [-0.2, -0.15) is 4.98 Å². The second-order valence-electron chi connectivity index (χ2n) is 16.7. The van der Waals surface area contributed by atoms with Crippen molar-refractivity contribution in [3.63, 3.8) is 0 Å². The van der Waals surface area contributed by atoms with Crippen LogP contribution in [0.5, 0.6) is 5.75 Å². The van der Waals surface area contributed by atoms with Crippen molar-refractivity contribution in [2.75, 3.05) is 18.5 Å². The van der Waals surface area contributed by atoms with Gasteiger partial charge in [-0.3, -0.25) is 24.5 Å². The van der Waals surface area contributed by atoms with Crippen LogP contribution in [0.2, 0.25) is 23.2 Å². The normalized spacial score (nSPS) is 20.6. The number of fused-ring (bicyclic) bond motifs is 1. The molecule has 18 heteroatoms. The van der Waals surface area contributed by atoms with Crippen molar-refractivity contribution in [2.45, 2.75) is 88.9 Å². The molecule has 3 heterocycles. The molecule has 0 bridgehead atoms. The Balaban J connectivity index is 1.43. The number of nitrogens with one attached hydrogen (secondary N) is 2. The van der Waals surface area contributed by atoms with E-state index in [-0.39, 0.29) is 30.3 Å². The first-order valence-electron chi connectivity index (χ1n) is 18.9. The van der Waals surface area contributed by atoms with Crippen molar-refractivity contribution in [1.82, 2.24) is 19.5 Å². The van der Waals surface area contributed by atoms with Gasteiger partial charge in [0.2, 0.25) is 5.95 Å². The van der Waals surface area contributed by atoms with Crippen molar-refractivity contribution in [1.29, 1.82) is 0 Å². The first-order valence-corrected chi connectivity index (χ1v) is 24.8.